The molecule has 0 nitrogen and oxygen atoms in total. The highest BCUT2D eigenvalue weighted by Gasteiger charge is 2.31. The molecule has 1 aliphatic rings. The molecule has 0 bridgehead atoms. The van der Waals surface area contributed by atoms with Crippen molar-refractivity contribution in [3.63, 3.8) is 0 Å². The molecule has 0 heterocycles. The second kappa shape index (κ2) is 7.67. The number of fused-ring (bicyclic) bond motifs is 4. The largest absolute Gasteiger partial charge is 0.0620 e. The van der Waals surface area contributed by atoms with Crippen LogP contribution in [-0.4, -0.2) is 0 Å². The standard InChI is InChI=1S/C36H28/c1-21-16-18-28-31(20-21)34(27-13-8-6-11-23(27)3)36-30-19-17-24(4)25-14-9-15-29(32(25)30)35(36)33(28)26-12-7-5-10-22(26)2/h5-20H,1-4H3. The zero-order valence-electron chi connectivity index (χ0n) is 21.2. The summed E-state index contributed by atoms with van der Waals surface area (Å²) in [6.07, 6.45) is 0. The first-order chi connectivity index (χ1) is 17.5. The van der Waals surface area contributed by atoms with Crippen LogP contribution in [0.4, 0.5) is 0 Å². The van der Waals surface area contributed by atoms with Gasteiger partial charge in [0, 0.05) is 0 Å². The van der Waals surface area contributed by atoms with Gasteiger partial charge >= 0.3 is 0 Å². The molecule has 6 aromatic carbocycles. The van der Waals surface area contributed by atoms with Crippen molar-refractivity contribution in [2.75, 3.05) is 0 Å². The molecule has 0 atom stereocenters. The molecule has 0 heteroatoms. The Bertz CT molecular complexity index is 1870. The highest BCUT2D eigenvalue weighted by molar-refractivity contribution is 6.28. The summed E-state index contributed by atoms with van der Waals surface area (Å²) >= 11 is 0. The second-order valence-electron chi connectivity index (χ2n) is 10.3. The molecule has 0 saturated heterocycles. The molecule has 0 unspecified atom stereocenters. The van der Waals surface area contributed by atoms with Gasteiger partial charge in [-0.15, -0.1) is 0 Å². The van der Waals surface area contributed by atoms with Crippen molar-refractivity contribution < 1.29 is 0 Å². The maximum atomic E-state index is 2.40. The number of aryl methyl sites for hydroxylation is 4. The average Bonchev–Trinajstić information content (AvgIpc) is 3.21. The first-order valence-corrected chi connectivity index (χ1v) is 12.8. The van der Waals surface area contributed by atoms with Crippen molar-refractivity contribution in [1.29, 1.82) is 0 Å². The predicted molar refractivity (Wildman–Crippen MR) is 156 cm³/mol. The van der Waals surface area contributed by atoms with E-state index in [2.05, 4.69) is 125 Å². The summed E-state index contributed by atoms with van der Waals surface area (Å²) in [5.41, 5.74) is 16.1. The lowest BCUT2D eigenvalue weighted by Gasteiger charge is -2.22. The van der Waals surface area contributed by atoms with E-state index in [1.165, 1.54) is 88.3 Å². The Morgan fingerprint density at radius 1 is 0.361 bits per heavy atom. The van der Waals surface area contributed by atoms with E-state index in [0.717, 1.165) is 0 Å². The van der Waals surface area contributed by atoms with Crippen LogP contribution in [-0.2, 0) is 0 Å². The van der Waals surface area contributed by atoms with Gasteiger partial charge in [-0.05, 0) is 110 Å². The summed E-state index contributed by atoms with van der Waals surface area (Å²) in [6, 6.07) is 36.3. The molecule has 0 radical (unpaired) electrons. The van der Waals surface area contributed by atoms with Crippen LogP contribution in [0.3, 0.4) is 0 Å². The quantitative estimate of drug-likeness (QED) is 0.241. The molecule has 0 saturated carbocycles. The van der Waals surface area contributed by atoms with Crippen LogP contribution in [0.15, 0.2) is 97.1 Å². The van der Waals surface area contributed by atoms with Crippen molar-refractivity contribution in [2.24, 2.45) is 0 Å². The van der Waals surface area contributed by atoms with Crippen LogP contribution in [0.1, 0.15) is 22.3 Å². The summed E-state index contributed by atoms with van der Waals surface area (Å²) in [5, 5.41) is 5.41. The summed E-state index contributed by atoms with van der Waals surface area (Å²) in [7, 11) is 0. The monoisotopic (exact) mass is 460 g/mol. The Morgan fingerprint density at radius 2 is 0.944 bits per heavy atom. The van der Waals surface area contributed by atoms with Crippen molar-refractivity contribution >= 4 is 21.5 Å². The fourth-order valence-electron chi connectivity index (χ4n) is 6.38. The van der Waals surface area contributed by atoms with Gasteiger partial charge in [0.15, 0.2) is 0 Å². The van der Waals surface area contributed by atoms with Crippen LogP contribution >= 0.6 is 0 Å². The average molecular weight is 461 g/mol. The van der Waals surface area contributed by atoms with Crippen LogP contribution in [0.25, 0.3) is 66.1 Å². The lowest BCUT2D eigenvalue weighted by atomic mass is 9.80. The lowest BCUT2D eigenvalue weighted by Crippen LogP contribution is -1.96. The number of benzene rings is 6. The van der Waals surface area contributed by atoms with Crippen LogP contribution in [0, 0.1) is 27.7 Å². The van der Waals surface area contributed by atoms with Gasteiger partial charge < -0.3 is 0 Å². The molecular weight excluding hydrogens is 432 g/mol. The third-order valence-electron chi connectivity index (χ3n) is 8.09. The normalized spacial score (nSPS) is 11.9. The molecule has 0 fully saturated rings. The third kappa shape index (κ3) is 2.82. The Morgan fingerprint density at radius 3 is 1.61 bits per heavy atom. The van der Waals surface area contributed by atoms with E-state index in [4.69, 9.17) is 0 Å². The summed E-state index contributed by atoms with van der Waals surface area (Å²) in [6.45, 7) is 8.92. The van der Waals surface area contributed by atoms with Gasteiger partial charge in [0.25, 0.3) is 0 Å². The van der Waals surface area contributed by atoms with Crippen LogP contribution < -0.4 is 0 Å². The molecule has 0 aliphatic heterocycles. The number of hydrogen-bond acceptors (Lipinski definition) is 0. The molecule has 36 heavy (non-hydrogen) atoms. The van der Waals surface area contributed by atoms with Gasteiger partial charge in [0.05, 0.1) is 0 Å². The fourth-order valence-corrected chi connectivity index (χ4v) is 6.38. The summed E-state index contributed by atoms with van der Waals surface area (Å²) < 4.78 is 0. The van der Waals surface area contributed by atoms with E-state index >= 15 is 0 Å². The Hall–Kier alpha value is -4.16. The maximum Gasteiger partial charge on any atom is -0.000731 e. The van der Waals surface area contributed by atoms with E-state index in [9.17, 15) is 0 Å². The molecule has 172 valence electrons. The van der Waals surface area contributed by atoms with E-state index in [1.54, 1.807) is 0 Å². The highest BCUT2D eigenvalue weighted by Crippen LogP contribution is 2.58. The number of hydrogen-bond donors (Lipinski definition) is 0. The third-order valence-corrected chi connectivity index (χ3v) is 8.09. The van der Waals surface area contributed by atoms with Gasteiger partial charge in [-0.25, -0.2) is 0 Å². The molecule has 0 amide bonds. The molecule has 0 aromatic heterocycles. The minimum absolute atomic E-state index is 1.29. The van der Waals surface area contributed by atoms with Gasteiger partial charge in [-0.1, -0.05) is 103 Å². The van der Waals surface area contributed by atoms with E-state index in [-0.39, 0.29) is 0 Å². The van der Waals surface area contributed by atoms with Gasteiger partial charge in [0.1, 0.15) is 0 Å². The molecular formula is C36H28. The summed E-state index contributed by atoms with van der Waals surface area (Å²) in [5.74, 6) is 0. The van der Waals surface area contributed by atoms with E-state index in [0.29, 0.717) is 0 Å². The van der Waals surface area contributed by atoms with Crippen LogP contribution in [0.5, 0.6) is 0 Å². The van der Waals surface area contributed by atoms with E-state index in [1.807, 2.05) is 0 Å². The number of rotatable bonds is 2. The molecule has 6 aromatic rings. The molecule has 1 aliphatic carbocycles. The first kappa shape index (κ1) is 21.1. The predicted octanol–water partition coefficient (Wildman–Crippen LogP) is 10.2. The van der Waals surface area contributed by atoms with Crippen LogP contribution in [0.2, 0.25) is 0 Å². The van der Waals surface area contributed by atoms with Gasteiger partial charge in [0.2, 0.25) is 0 Å². The van der Waals surface area contributed by atoms with Crippen molar-refractivity contribution in [3.8, 4) is 44.5 Å². The maximum absolute atomic E-state index is 2.40. The molecule has 0 N–H and O–H groups in total. The Kier molecular flexibility index (Phi) is 4.51. The fraction of sp³-hybridized carbons (Fsp3) is 0.111. The molecule has 0 spiro atoms. The second-order valence-corrected chi connectivity index (χ2v) is 10.3. The highest BCUT2D eigenvalue weighted by atomic mass is 14.3. The Balaban J connectivity index is 1.80. The zero-order valence-corrected chi connectivity index (χ0v) is 21.2. The van der Waals surface area contributed by atoms with Crippen molar-refractivity contribution in [2.45, 2.75) is 27.7 Å². The van der Waals surface area contributed by atoms with Crippen molar-refractivity contribution in [3.05, 3.63) is 119 Å². The summed E-state index contributed by atoms with van der Waals surface area (Å²) in [4.78, 5) is 0. The van der Waals surface area contributed by atoms with Crippen molar-refractivity contribution in [1.82, 2.24) is 0 Å². The lowest BCUT2D eigenvalue weighted by molar-refractivity contribution is 1.45. The molecule has 7 rings (SSSR count). The smallest absolute Gasteiger partial charge is 0.000731 e. The van der Waals surface area contributed by atoms with Gasteiger partial charge in [-0.3, -0.25) is 0 Å². The first-order valence-electron chi connectivity index (χ1n) is 12.8. The SMILES string of the molecule is Cc1ccc2c(-c3ccccc3C)c3c(c(-c4ccccc4C)c2c1)-c1ccc(C)c2cccc-3c12. The zero-order chi connectivity index (χ0) is 24.6. The van der Waals surface area contributed by atoms with Gasteiger partial charge in [-0.2, -0.15) is 0 Å². The minimum atomic E-state index is 1.29. The van der Waals surface area contributed by atoms with E-state index < -0.39 is 0 Å². The minimum Gasteiger partial charge on any atom is -0.0620 e. The Labute approximate surface area is 212 Å². The topological polar surface area (TPSA) is 0 Å².